The fourth-order valence-corrected chi connectivity index (χ4v) is 5.14. The highest BCUT2D eigenvalue weighted by Gasteiger charge is 2.41. The highest BCUT2D eigenvalue weighted by atomic mass is 35.5. The van der Waals surface area contributed by atoms with E-state index in [0.29, 0.717) is 18.4 Å². The van der Waals surface area contributed by atoms with Gasteiger partial charge in [-0.15, -0.1) is 0 Å². The summed E-state index contributed by atoms with van der Waals surface area (Å²) in [6.45, 7) is 0.592. The molecule has 1 aliphatic rings. The third kappa shape index (κ3) is 7.91. The van der Waals surface area contributed by atoms with Gasteiger partial charge in [-0.25, -0.2) is 8.78 Å². The summed E-state index contributed by atoms with van der Waals surface area (Å²) in [5, 5.41) is 8.69. The highest BCUT2D eigenvalue weighted by Crippen LogP contribution is 2.39. The summed E-state index contributed by atoms with van der Waals surface area (Å²) in [4.78, 5) is 35.7. The minimum absolute atomic E-state index is 0.0194. The van der Waals surface area contributed by atoms with E-state index >= 15 is 0 Å². The van der Waals surface area contributed by atoms with Crippen LogP contribution in [0, 0.1) is 11.8 Å². The Balaban J connectivity index is 1.53. The van der Waals surface area contributed by atoms with Crippen molar-refractivity contribution in [1.82, 2.24) is 25.6 Å². The van der Waals surface area contributed by atoms with Crippen LogP contribution in [0.2, 0.25) is 10.0 Å². The Morgan fingerprint density at radius 1 is 1.12 bits per heavy atom. The van der Waals surface area contributed by atoms with Crippen LogP contribution in [-0.4, -0.2) is 52.5 Å². The molecule has 0 radical (unpaired) electrons. The second-order valence-electron chi connectivity index (χ2n) is 9.90. The standard InChI is InChI=1S/C26H27Cl2F5N6O3/c1-12(40)34-10-14-4-7-17(27)21(20(14)28)37-25-36-18-8-16(24(38-22(18)39-25)42-11-19(29)30)23(41)35-9-13-2-5-15(6-3-13)26(31,32)33/h4,7-8,13,15,19H,2-3,5-6,9-11H2,1H3,(H,34,40)(H,35,41)(H2,36,37,38,39). The maximum absolute atomic E-state index is 13.0. The Bertz CT molecular complexity index is 1440. The number of pyridine rings is 1. The van der Waals surface area contributed by atoms with E-state index in [9.17, 15) is 31.5 Å². The molecule has 42 heavy (non-hydrogen) atoms. The number of rotatable bonds is 10. The lowest BCUT2D eigenvalue weighted by atomic mass is 9.81. The van der Waals surface area contributed by atoms with Crippen molar-refractivity contribution in [3.05, 3.63) is 39.4 Å². The van der Waals surface area contributed by atoms with E-state index in [-0.39, 0.29) is 82.0 Å². The van der Waals surface area contributed by atoms with Crippen molar-refractivity contribution in [3.63, 3.8) is 0 Å². The van der Waals surface area contributed by atoms with Crippen molar-refractivity contribution < 1.29 is 36.3 Å². The fraction of sp³-hybridized carbons (Fsp3) is 0.462. The van der Waals surface area contributed by atoms with Gasteiger partial charge in [0.2, 0.25) is 17.7 Å². The molecule has 2 amide bonds. The maximum atomic E-state index is 13.0. The summed E-state index contributed by atoms with van der Waals surface area (Å²) in [5.74, 6) is -2.72. The maximum Gasteiger partial charge on any atom is 0.391 e. The zero-order valence-corrected chi connectivity index (χ0v) is 23.7. The van der Waals surface area contributed by atoms with Gasteiger partial charge in [0, 0.05) is 20.0 Å². The smallest absolute Gasteiger partial charge is 0.391 e. The van der Waals surface area contributed by atoms with Crippen LogP contribution in [0.3, 0.4) is 0 Å². The number of ether oxygens (including phenoxy) is 1. The molecule has 1 saturated carbocycles. The van der Waals surface area contributed by atoms with E-state index in [1.807, 2.05) is 0 Å². The second kappa shape index (κ2) is 13.3. The average Bonchev–Trinajstić information content (AvgIpc) is 3.32. The molecule has 0 unspecified atom stereocenters. The molecule has 0 saturated heterocycles. The number of amides is 2. The van der Waals surface area contributed by atoms with Crippen molar-refractivity contribution >= 4 is 57.8 Å². The number of hydrogen-bond donors (Lipinski definition) is 4. The van der Waals surface area contributed by atoms with Gasteiger partial charge < -0.3 is 25.7 Å². The van der Waals surface area contributed by atoms with Crippen LogP contribution in [0.4, 0.5) is 33.6 Å². The number of benzene rings is 1. The van der Waals surface area contributed by atoms with Gasteiger partial charge in [0.1, 0.15) is 5.56 Å². The predicted molar refractivity (Wildman–Crippen MR) is 146 cm³/mol. The Hall–Kier alpha value is -3.39. The molecule has 2 aromatic heterocycles. The number of fused-ring (bicyclic) bond motifs is 1. The van der Waals surface area contributed by atoms with Gasteiger partial charge in [-0.3, -0.25) is 9.59 Å². The summed E-state index contributed by atoms with van der Waals surface area (Å²) in [6, 6.07) is 4.54. The molecule has 1 aliphatic carbocycles. The largest absolute Gasteiger partial charge is 0.471 e. The zero-order valence-electron chi connectivity index (χ0n) is 22.2. The molecular formula is C26H27Cl2F5N6O3. The molecule has 4 N–H and O–H groups in total. The molecule has 0 spiro atoms. The zero-order chi connectivity index (χ0) is 30.6. The van der Waals surface area contributed by atoms with Gasteiger partial charge in [0.25, 0.3) is 12.3 Å². The van der Waals surface area contributed by atoms with Gasteiger partial charge in [-0.05, 0) is 49.3 Å². The molecule has 16 heteroatoms. The number of aromatic nitrogens is 3. The predicted octanol–water partition coefficient (Wildman–Crippen LogP) is 6.39. The summed E-state index contributed by atoms with van der Waals surface area (Å²) in [6.07, 6.45) is -6.53. The van der Waals surface area contributed by atoms with Gasteiger partial charge in [-0.2, -0.15) is 23.1 Å². The SMILES string of the molecule is CC(=O)NCc1ccc(Cl)c(Nc2nc3nc(OCC(F)F)c(C(=O)NCC4CCC(C(F)(F)F)CC4)cc3[nH]2)c1Cl. The van der Waals surface area contributed by atoms with Crippen molar-refractivity contribution in [2.24, 2.45) is 11.8 Å². The number of imidazole rings is 1. The molecular weight excluding hydrogens is 610 g/mol. The molecule has 3 aromatic rings. The number of anilines is 2. The second-order valence-corrected chi connectivity index (χ2v) is 10.7. The van der Waals surface area contributed by atoms with Crippen LogP contribution in [0.5, 0.6) is 5.88 Å². The molecule has 4 rings (SSSR count). The van der Waals surface area contributed by atoms with Crippen LogP contribution in [0.25, 0.3) is 11.2 Å². The van der Waals surface area contributed by atoms with Crippen molar-refractivity contribution in [2.75, 3.05) is 18.5 Å². The quantitative estimate of drug-likeness (QED) is 0.191. The lowest BCUT2D eigenvalue weighted by Crippen LogP contribution is -2.34. The van der Waals surface area contributed by atoms with Crippen molar-refractivity contribution in [2.45, 2.75) is 51.8 Å². The van der Waals surface area contributed by atoms with Gasteiger partial charge in [0.15, 0.2) is 12.3 Å². The molecule has 9 nitrogen and oxygen atoms in total. The number of alkyl halides is 5. The summed E-state index contributed by atoms with van der Waals surface area (Å²) in [7, 11) is 0. The molecule has 228 valence electrons. The van der Waals surface area contributed by atoms with Crippen molar-refractivity contribution in [1.29, 1.82) is 0 Å². The highest BCUT2D eigenvalue weighted by molar-refractivity contribution is 6.39. The first-order valence-electron chi connectivity index (χ1n) is 13.0. The molecule has 1 aromatic carbocycles. The van der Waals surface area contributed by atoms with Crippen LogP contribution >= 0.6 is 23.2 Å². The lowest BCUT2D eigenvalue weighted by Gasteiger charge is -2.29. The van der Waals surface area contributed by atoms with Crippen LogP contribution in [0.15, 0.2) is 18.2 Å². The first-order chi connectivity index (χ1) is 19.8. The fourth-order valence-electron chi connectivity index (χ4n) is 4.61. The van der Waals surface area contributed by atoms with E-state index in [4.69, 9.17) is 27.9 Å². The number of hydrogen-bond acceptors (Lipinski definition) is 6. The lowest BCUT2D eigenvalue weighted by molar-refractivity contribution is -0.183. The van der Waals surface area contributed by atoms with Gasteiger partial charge in [-0.1, -0.05) is 29.3 Å². The number of carbonyl (C=O) groups excluding carboxylic acids is 2. The third-order valence-electron chi connectivity index (χ3n) is 6.83. The Morgan fingerprint density at radius 3 is 2.48 bits per heavy atom. The summed E-state index contributed by atoms with van der Waals surface area (Å²) >= 11 is 12.8. The first kappa shape index (κ1) is 31.5. The topological polar surface area (TPSA) is 121 Å². The monoisotopic (exact) mass is 636 g/mol. The first-order valence-corrected chi connectivity index (χ1v) is 13.7. The molecule has 2 heterocycles. The molecule has 1 fully saturated rings. The van der Waals surface area contributed by atoms with E-state index in [0.717, 1.165) is 0 Å². The van der Waals surface area contributed by atoms with Gasteiger partial charge in [0.05, 0.1) is 27.2 Å². The number of H-pyrrole nitrogens is 1. The molecule has 0 bridgehead atoms. The Morgan fingerprint density at radius 2 is 1.83 bits per heavy atom. The van der Waals surface area contributed by atoms with Crippen LogP contribution < -0.4 is 20.7 Å². The van der Waals surface area contributed by atoms with E-state index in [2.05, 4.69) is 30.9 Å². The van der Waals surface area contributed by atoms with E-state index in [1.54, 1.807) is 12.1 Å². The minimum Gasteiger partial charge on any atom is -0.471 e. The summed E-state index contributed by atoms with van der Waals surface area (Å²) in [5.41, 5.74) is 0.967. The van der Waals surface area contributed by atoms with E-state index < -0.39 is 31.0 Å². The summed E-state index contributed by atoms with van der Waals surface area (Å²) < 4.78 is 69.8. The number of nitrogens with zero attached hydrogens (tertiary/aromatic N) is 2. The van der Waals surface area contributed by atoms with Crippen LogP contribution in [-0.2, 0) is 11.3 Å². The van der Waals surface area contributed by atoms with Crippen molar-refractivity contribution in [3.8, 4) is 5.88 Å². The third-order valence-corrected chi connectivity index (χ3v) is 7.58. The minimum atomic E-state index is -4.24. The molecule has 0 aliphatic heterocycles. The molecule has 0 atom stereocenters. The Kier molecular flexibility index (Phi) is 9.97. The Labute approximate surface area is 246 Å². The van der Waals surface area contributed by atoms with E-state index in [1.165, 1.54) is 13.0 Å². The number of halogens is 7. The average molecular weight is 637 g/mol. The van der Waals surface area contributed by atoms with Crippen LogP contribution in [0.1, 0.15) is 48.5 Å². The number of aromatic amines is 1. The number of carbonyl (C=O) groups is 2. The van der Waals surface area contributed by atoms with Gasteiger partial charge >= 0.3 is 6.18 Å². The normalized spacial score (nSPS) is 17.4. The number of nitrogens with one attached hydrogen (secondary N) is 4.